The SMILES string of the molecule is CC(C)(C)[C@H](NC(=O)c1ccc2ccccc2c1OCc1ccc(C#N)cc1)C(=O)O. The van der Waals surface area contributed by atoms with Gasteiger partial charge in [-0.3, -0.25) is 4.79 Å². The average Bonchev–Trinajstić information content (AvgIpc) is 2.74. The third-order valence-corrected chi connectivity index (χ3v) is 4.98. The topological polar surface area (TPSA) is 99.4 Å². The van der Waals surface area contributed by atoms with Gasteiger partial charge in [-0.15, -0.1) is 0 Å². The minimum Gasteiger partial charge on any atom is -0.487 e. The number of carbonyl (C=O) groups is 2. The van der Waals surface area contributed by atoms with Crippen molar-refractivity contribution in [3.63, 3.8) is 0 Å². The zero-order valence-corrected chi connectivity index (χ0v) is 17.7. The van der Waals surface area contributed by atoms with Crippen LogP contribution >= 0.6 is 0 Å². The van der Waals surface area contributed by atoms with E-state index < -0.39 is 23.3 Å². The molecule has 0 bridgehead atoms. The van der Waals surface area contributed by atoms with Crippen molar-refractivity contribution in [3.8, 4) is 11.8 Å². The molecule has 1 amide bonds. The fraction of sp³-hybridized carbons (Fsp3) is 0.240. The molecule has 3 aromatic carbocycles. The number of ether oxygens (including phenoxy) is 1. The monoisotopic (exact) mass is 416 g/mol. The molecule has 1 atom stereocenters. The van der Waals surface area contributed by atoms with Crippen LogP contribution in [-0.4, -0.2) is 23.0 Å². The first kappa shape index (κ1) is 21.8. The summed E-state index contributed by atoms with van der Waals surface area (Å²) in [5, 5.41) is 22.8. The van der Waals surface area contributed by atoms with Crippen LogP contribution in [0.5, 0.6) is 5.75 Å². The first-order chi connectivity index (χ1) is 14.7. The fourth-order valence-corrected chi connectivity index (χ4v) is 3.27. The molecule has 0 fully saturated rings. The van der Waals surface area contributed by atoms with Crippen molar-refractivity contribution in [2.24, 2.45) is 5.41 Å². The van der Waals surface area contributed by atoms with Crippen molar-refractivity contribution in [1.82, 2.24) is 5.32 Å². The third-order valence-electron chi connectivity index (χ3n) is 4.98. The van der Waals surface area contributed by atoms with Crippen molar-refractivity contribution in [2.45, 2.75) is 33.4 Å². The number of nitrogens with one attached hydrogen (secondary N) is 1. The van der Waals surface area contributed by atoms with Crippen LogP contribution in [0.1, 0.15) is 42.3 Å². The van der Waals surface area contributed by atoms with E-state index in [1.807, 2.05) is 30.3 Å². The van der Waals surface area contributed by atoms with E-state index >= 15 is 0 Å². The van der Waals surface area contributed by atoms with E-state index in [2.05, 4.69) is 11.4 Å². The van der Waals surface area contributed by atoms with Crippen LogP contribution in [0.3, 0.4) is 0 Å². The Morgan fingerprint density at radius 1 is 1.06 bits per heavy atom. The van der Waals surface area contributed by atoms with Gasteiger partial charge in [-0.25, -0.2) is 4.79 Å². The lowest BCUT2D eigenvalue weighted by molar-refractivity contribution is -0.142. The molecular formula is C25H24N2O4. The zero-order chi connectivity index (χ0) is 22.6. The largest absolute Gasteiger partial charge is 0.487 e. The predicted molar refractivity (Wildman–Crippen MR) is 118 cm³/mol. The van der Waals surface area contributed by atoms with Gasteiger partial charge in [0.2, 0.25) is 0 Å². The van der Waals surface area contributed by atoms with Gasteiger partial charge >= 0.3 is 5.97 Å². The van der Waals surface area contributed by atoms with E-state index in [1.165, 1.54) is 0 Å². The van der Waals surface area contributed by atoms with Gasteiger partial charge in [0.05, 0.1) is 17.2 Å². The molecule has 6 heteroatoms. The number of fused-ring (bicyclic) bond motifs is 1. The number of amides is 1. The number of aliphatic carboxylic acids is 1. The standard InChI is InChI=1S/C25H24N2O4/c1-25(2,3)22(24(29)30)27-23(28)20-13-12-18-6-4-5-7-19(18)21(20)31-15-17-10-8-16(14-26)9-11-17/h4-13,22H,15H2,1-3H3,(H,27,28)(H,29,30)/t22-/m1/s1. The third kappa shape index (κ3) is 5.01. The Bertz CT molecular complexity index is 1150. The van der Waals surface area contributed by atoms with Crippen LogP contribution in [-0.2, 0) is 11.4 Å². The molecule has 0 spiro atoms. The second kappa shape index (κ2) is 8.88. The van der Waals surface area contributed by atoms with Crippen molar-refractivity contribution >= 4 is 22.6 Å². The molecule has 0 unspecified atom stereocenters. The van der Waals surface area contributed by atoms with E-state index in [1.54, 1.807) is 51.1 Å². The summed E-state index contributed by atoms with van der Waals surface area (Å²) >= 11 is 0. The van der Waals surface area contributed by atoms with Crippen molar-refractivity contribution in [3.05, 3.63) is 77.4 Å². The van der Waals surface area contributed by atoms with Crippen molar-refractivity contribution in [1.29, 1.82) is 5.26 Å². The molecule has 2 N–H and O–H groups in total. The Morgan fingerprint density at radius 2 is 1.74 bits per heavy atom. The van der Waals surface area contributed by atoms with Gasteiger partial charge in [0.15, 0.2) is 0 Å². The van der Waals surface area contributed by atoms with E-state index in [0.29, 0.717) is 11.3 Å². The Labute approximate surface area is 181 Å². The van der Waals surface area contributed by atoms with Crippen LogP contribution in [0.2, 0.25) is 0 Å². The number of hydrogen-bond acceptors (Lipinski definition) is 4. The smallest absolute Gasteiger partial charge is 0.326 e. The fourth-order valence-electron chi connectivity index (χ4n) is 3.27. The van der Waals surface area contributed by atoms with E-state index in [4.69, 9.17) is 10.00 Å². The quantitative estimate of drug-likeness (QED) is 0.615. The summed E-state index contributed by atoms with van der Waals surface area (Å²) in [6.45, 7) is 5.47. The zero-order valence-electron chi connectivity index (χ0n) is 17.7. The number of rotatable bonds is 6. The summed E-state index contributed by atoms with van der Waals surface area (Å²) in [6, 6.07) is 19.0. The number of carbonyl (C=O) groups excluding carboxylic acids is 1. The first-order valence-corrected chi connectivity index (χ1v) is 9.88. The molecule has 0 aliphatic carbocycles. The molecule has 3 rings (SSSR count). The maximum atomic E-state index is 13.1. The highest BCUT2D eigenvalue weighted by atomic mass is 16.5. The first-order valence-electron chi connectivity index (χ1n) is 9.88. The second-order valence-electron chi connectivity index (χ2n) is 8.37. The number of benzene rings is 3. The summed E-state index contributed by atoms with van der Waals surface area (Å²) in [5.74, 6) is -1.22. The molecule has 0 heterocycles. The lowest BCUT2D eigenvalue weighted by Crippen LogP contribution is -2.49. The lowest BCUT2D eigenvalue weighted by atomic mass is 9.86. The molecule has 0 radical (unpaired) electrons. The van der Waals surface area contributed by atoms with Crippen LogP contribution < -0.4 is 10.1 Å². The van der Waals surface area contributed by atoms with Crippen LogP contribution in [0.4, 0.5) is 0 Å². The summed E-state index contributed by atoms with van der Waals surface area (Å²) in [6.07, 6.45) is 0. The molecule has 0 saturated carbocycles. The Kier molecular flexibility index (Phi) is 6.26. The highest BCUT2D eigenvalue weighted by Crippen LogP contribution is 2.31. The maximum Gasteiger partial charge on any atom is 0.326 e. The number of nitrogens with zero attached hydrogens (tertiary/aromatic N) is 1. The summed E-state index contributed by atoms with van der Waals surface area (Å²) < 4.78 is 6.07. The highest BCUT2D eigenvalue weighted by Gasteiger charge is 2.33. The molecule has 6 nitrogen and oxygen atoms in total. The maximum absolute atomic E-state index is 13.1. The molecule has 0 saturated heterocycles. The molecule has 158 valence electrons. The normalized spacial score (nSPS) is 12.1. The highest BCUT2D eigenvalue weighted by molar-refractivity contribution is 6.05. The van der Waals surface area contributed by atoms with Gasteiger partial charge in [0, 0.05) is 5.39 Å². The summed E-state index contributed by atoms with van der Waals surface area (Å²) in [4.78, 5) is 24.8. The molecule has 0 aliphatic heterocycles. The van der Waals surface area contributed by atoms with Crippen molar-refractivity contribution < 1.29 is 19.4 Å². The van der Waals surface area contributed by atoms with Crippen LogP contribution in [0.25, 0.3) is 10.8 Å². The van der Waals surface area contributed by atoms with Gasteiger partial charge in [-0.1, -0.05) is 63.2 Å². The van der Waals surface area contributed by atoms with E-state index in [9.17, 15) is 14.7 Å². The Balaban J connectivity index is 1.96. The van der Waals surface area contributed by atoms with Crippen LogP contribution in [0.15, 0.2) is 60.7 Å². The number of carboxylic acid groups (broad SMARTS) is 1. The van der Waals surface area contributed by atoms with Gasteiger partial charge in [-0.2, -0.15) is 5.26 Å². The average molecular weight is 416 g/mol. The van der Waals surface area contributed by atoms with Gasteiger partial charge in [-0.05, 0) is 34.6 Å². The molecule has 0 aromatic heterocycles. The van der Waals surface area contributed by atoms with Crippen LogP contribution in [0, 0.1) is 16.7 Å². The number of nitriles is 1. The van der Waals surface area contributed by atoms with Gasteiger partial charge < -0.3 is 15.2 Å². The second-order valence-corrected chi connectivity index (χ2v) is 8.37. The number of hydrogen-bond donors (Lipinski definition) is 2. The molecule has 0 aliphatic rings. The number of carboxylic acids is 1. The van der Waals surface area contributed by atoms with E-state index in [0.717, 1.165) is 16.3 Å². The van der Waals surface area contributed by atoms with Crippen molar-refractivity contribution in [2.75, 3.05) is 0 Å². The molecule has 3 aromatic rings. The van der Waals surface area contributed by atoms with E-state index in [-0.39, 0.29) is 12.2 Å². The minimum absolute atomic E-state index is 0.196. The Hall–Kier alpha value is -3.85. The minimum atomic E-state index is -1.10. The summed E-state index contributed by atoms with van der Waals surface area (Å²) in [7, 11) is 0. The van der Waals surface area contributed by atoms with Gasteiger partial charge in [0.25, 0.3) is 5.91 Å². The Morgan fingerprint density at radius 3 is 2.35 bits per heavy atom. The molecule has 31 heavy (non-hydrogen) atoms. The lowest BCUT2D eigenvalue weighted by Gasteiger charge is -2.28. The summed E-state index contributed by atoms with van der Waals surface area (Å²) in [5.41, 5.74) is 0.997. The predicted octanol–water partition coefficient (Wildman–Crippen LogP) is 4.52. The molecular weight excluding hydrogens is 392 g/mol. The van der Waals surface area contributed by atoms with Gasteiger partial charge in [0.1, 0.15) is 18.4 Å².